The summed E-state index contributed by atoms with van der Waals surface area (Å²) in [4.78, 5) is 2.25. The maximum absolute atomic E-state index is 13.7. The van der Waals surface area contributed by atoms with Gasteiger partial charge in [0, 0.05) is 31.9 Å². The van der Waals surface area contributed by atoms with Gasteiger partial charge in [-0.05, 0) is 49.1 Å². The molecule has 0 amide bonds. The first kappa shape index (κ1) is 15.0. The molecule has 0 unspecified atom stereocenters. The lowest BCUT2D eigenvalue weighted by atomic mass is 10.0. The Hall–Kier alpha value is -1.39. The van der Waals surface area contributed by atoms with Crippen LogP contribution in [0, 0.1) is 12.7 Å². The molecule has 0 spiro atoms. The normalized spacial score (nSPS) is 17.1. The minimum Gasteiger partial charge on any atom is -0.380 e. The minimum absolute atomic E-state index is 0.176. The van der Waals surface area contributed by atoms with Crippen LogP contribution in [0.25, 0.3) is 0 Å². The highest BCUT2D eigenvalue weighted by molar-refractivity contribution is 5.58. The van der Waals surface area contributed by atoms with Crippen molar-refractivity contribution in [2.24, 2.45) is 5.73 Å². The zero-order valence-corrected chi connectivity index (χ0v) is 12.4. The van der Waals surface area contributed by atoms with E-state index in [0.29, 0.717) is 12.2 Å². The van der Waals surface area contributed by atoms with Gasteiger partial charge in [0.25, 0.3) is 0 Å². The summed E-state index contributed by atoms with van der Waals surface area (Å²) >= 11 is 0. The SMILES string of the molecule is COCC1=CCN(c2cc(C)c(F)cc2[C@@H](C)N)CC1. The van der Waals surface area contributed by atoms with Crippen LogP contribution < -0.4 is 10.6 Å². The molecule has 0 saturated heterocycles. The van der Waals surface area contributed by atoms with E-state index in [0.717, 1.165) is 30.8 Å². The van der Waals surface area contributed by atoms with E-state index in [4.69, 9.17) is 10.5 Å². The van der Waals surface area contributed by atoms with Gasteiger partial charge in [0.2, 0.25) is 0 Å². The van der Waals surface area contributed by atoms with Crippen molar-refractivity contribution in [2.45, 2.75) is 26.3 Å². The quantitative estimate of drug-likeness (QED) is 0.861. The Morgan fingerprint density at radius 1 is 1.45 bits per heavy atom. The van der Waals surface area contributed by atoms with Gasteiger partial charge in [-0.1, -0.05) is 6.08 Å². The van der Waals surface area contributed by atoms with Crippen molar-refractivity contribution in [1.82, 2.24) is 0 Å². The summed E-state index contributed by atoms with van der Waals surface area (Å²) in [5.41, 5.74) is 9.89. The van der Waals surface area contributed by atoms with Crippen molar-refractivity contribution in [1.29, 1.82) is 0 Å². The van der Waals surface area contributed by atoms with Crippen molar-refractivity contribution >= 4 is 5.69 Å². The average Bonchev–Trinajstić information content (AvgIpc) is 2.42. The third-order valence-electron chi connectivity index (χ3n) is 3.77. The molecule has 0 aliphatic carbocycles. The second-order valence-corrected chi connectivity index (χ2v) is 5.44. The van der Waals surface area contributed by atoms with Crippen LogP contribution in [0.1, 0.15) is 30.5 Å². The summed E-state index contributed by atoms with van der Waals surface area (Å²) in [7, 11) is 1.71. The standard InChI is InChI=1S/C16H23FN2O/c1-11-8-16(14(12(2)18)9-15(11)17)19-6-4-13(5-7-19)10-20-3/h4,8-9,12H,5-7,10,18H2,1-3H3/t12-/m1/s1. The minimum atomic E-state index is -0.186. The molecular weight excluding hydrogens is 255 g/mol. The third kappa shape index (κ3) is 3.19. The lowest BCUT2D eigenvalue weighted by molar-refractivity contribution is 0.222. The number of nitrogens with zero attached hydrogens (tertiary/aromatic N) is 1. The predicted molar refractivity (Wildman–Crippen MR) is 80.5 cm³/mol. The van der Waals surface area contributed by atoms with Gasteiger partial charge < -0.3 is 15.4 Å². The van der Waals surface area contributed by atoms with Gasteiger partial charge in [-0.25, -0.2) is 4.39 Å². The number of hydrogen-bond acceptors (Lipinski definition) is 3. The number of ether oxygens (including phenoxy) is 1. The molecule has 1 aliphatic heterocycles. The van der Waals surface area contributed by atoms with Crippen molar-refractivity contribution in [3.8, 4) is 0 Å². The number of halogens is 1. The van der Waals surface area contributed by atoms with E-state index in [2.05, 4.69) is 11.0 Å². The van der Waals surface area contributed by atoms with Crippen LogP contribution in [0.4, 0.5) is 10.1 Å². The van der Waals surface area contributed by atoms with E-state index >= 15 is 0 Å². The molecule has 0 fully saturated rings. The molecule has 2 N–H and O–H groups in total. The van der Waals surface area contributed by atoms with Crippen LogP contribution in [0.15, 0.2) is 23.8 Å². The Bertz CT molecular complexity index is 511. The van der Waals surface area contributed by atoms with Gasteiger partial charge in [0.15, 0.2) is 0 Å². The molecule has 110 valence electrons. The van der Waals surface area contributed by atoms with E-state index in [1.807, 2.05) is 13.0 Å². The summed E-state index contributed by atoms with van der Waals surface area (Å²) in [5.74, 6) is -0.186. The first-order valence-corrected chi connectivity index (χ1v) is 7.00. The highest BCUT2D eigenvalue weighted by Crippen LogP contribution is 2.30. The smallest absolute Gasteiger partial charge is 0.126 e. The van der Waals surface area contributed by atoms with Gasteiger partial charge in [0.1, 0.15) is 5.82 Å². The van der Waals surface area contributed by atoms with Crippen LogP contribution in [0.3, 0.4) is 0 Å². The summed E-state index contributed by atoms with van der Waals surface area (Å²) in [5, 5.41) is 0. The molecule has 4 heteroatoms. The molecule has 1 aromatic carbocycles. The number of anilines is 1. The molecule has 1 aliphatic rings. The molecule has 0 bridgehead atoms. The number of nitrogens with two attached hydrogens (primary N) is 1. The fourth-order valence-corrected chi connectivity index (χ4v) is 2.57. The molecule has 3 nitrogen and oxygen atoms in total. The zero-order chi connectivity index (χ0) is 14.7. The van der Waals surface area contributed by atoms with Crippen LogP contribution in [0.5, 0.6) is 0 Å². The van der Waals surface area contributed by atoms with Gasteiger partial charge >= 0.3 is 0 Å². The third-order valence-corrected chi connectivity index (χ3v) is 3.77. The van der Waals surface area contributed by atoms with E-state index in [1.54, 1.807) is 20.1 Å². The number of rotatable bonds is 4. The number of hydrogen-bond donors (Lipinski definition) is 1. The van der Waals surface area contributed by atoms with Crippen LogP contribution in [0.2, 0.25) is 0 Å². The van der Waals surface area contributed by atoms with E-state index in [1.165, 1.54) is 5.57 Å². The molecule has 2 rings (SSSR count). The lowest BCUT2D eigenvalue weighted by Crippen LogP contribution is -2.31. The Kier molecular flexibility index (Phi) is 4.78. The molecule has 1 atom stereocenters. The fraction of sp³-hybridized carbons (Fsp3) is 0.500. The van der Waals surface area contributed by atoms with Crippen LogP contribution in [-0.4, -0.2) is 26.8 Å². The molecule has 1 heterocycles. The van der Waals surface area contributed by atoms with Gasteiger partial charge in [0.05, 0.1) is 6.61 Å². The maximum Gasteiger partial charge on any atom is 0.126 e. The van der Waals surface area contributed by atoms with E-state index in [9.17, 15) is 4.39 Å². The fourth-order valence-electron chi connectivity index (χ4n) is 2.57. The molecule has 0 saturated carbocycles. The highest BCUT2D eigenvalue weighted by atomic mass is 19.1. The number of aryl methyl sites for hydroxylation is 1. The number of benzene rings is 1. The Morgan fingerprint density at radius 3 is 2.75 bits per heavy atom. The second kappa shape index (κ2) is 6.37. The van der Waals surface area contributed by atoms with E-state index in [-0.39, 0.29) is 11.9 Å². The summed E-state index contributed by atoms with van der Waals surface area (Å²) in [6, 6.07) is 3.30. The molecule has 0 aromatic heterocycles. The van der Waals surface area contributed by atoms with Gasteiger partial charge in [-0.15, -0.1) is 0 Å². The molecule has 0 radical (unpaired) electrons. The van der Waals surface area contributed by atoms with Crippen molar-refractivity contribution in [3.63, 3.8) is 0 Å². The highest BCUT2D eigenvalue weighted by Gasteiger charge is 2.18. The Morgan fingerprint density at radius 2 is 2.20 bits per heavy atom. The van der Waals surface area contributed by atoms with Crippen molar-refractivity contribution < 1.29 is 9.13 Å². The maximum atomic E-state index is 13.7. The van der Waals surface area contributed by atoms with Gasteiger partial charge in [-0.3, -0.25) is 0 Å². The molecule has 20 heavy (non-hydrogen) atoms. The summed E-state index contributed by atoms with van der Waals surface area (Å²) in [6.07, 6.45) is 3.17. The van der Waals surface area contributed by atoms with Crippen LogP contribution in [-0.2, 0) is 4.74 Å². The van der Waals surface area contributed by atoms with Crippen molar-refractivity contribution in [2.75, 3.05) is 31.7 Å². The van der Waals surface area contributed by atoms with Crippen LogP contribution >= 0.6 is 0 Å². The predicted octanol–water partition coefficient (Wildman–Crippen LogP) is 2.94. The molecule has 1 aromatic rings. The monoisotopic (exact) mass is 278 g/mol. The number of methoxy groups -OCH3 is 1. The lowest BCUT2D eigenvalue weighted by Gasteiger charge is -2.31. The second-order valence-electron chi connectivity index (χ2n) is 5.44. The Balaban J connectivity index is 2.27. The van der Waals surface area contributed by atoms with E-state index < -0.39 is 0 Å². The first-order valence-electron chi connectivity index (χ1n) is 7.00. The molecular formula is C16H23FN2O. The van der Waals surface area contributed by atoms with Gasteiger partial charge in [-0.2, -0.15) is 0 Å². The largest absolute Gasteiger partial charge is 0.380 e. The zero-order valence-electron chi connectivity index (χ0n) is 12.4. The first-order chi connectivity index (χ1) is 9.52. The summed E-state index contributed by atoms with van der Waals surface area (Å²) < 4.78 is 18.9. The van der Waals surface area contributed by atoms with Crippen molar-refractivity contribution in [3.05, 3.63) is 40.7 Å². The average molecular weight is 278 g/mol. The Labute approximate surface area is 120 Å². The summed E-state index contributed by atoms with van der Waals surface area (Å²) in [6.45, 7) is 6.11. The topological polar surface area (TPSA) is 38.5 Å².